The van der Waals surface area contributed by atoms with E-state index in [0.717, 1.165) is 12.1 Å². The number of ketones is 1. The Morgan fingerprint density at radius 3 is 2.15 bits per heavy atom. The van der Waals surface area contributed by atoms with Crippen molar-refractivity contribution in [1.82, 2.24) is 4.90 Å². The molecule has 0 heterocycles. The van der Waals surface area contributed by atoms with Crippen LogP contribution in [0.2, 0.25) is 0 Å². The first-order chi connectivity index (χ1) is 8.98. The molecule has 112 valence electrons. The standard InChI is InChI=1S/C13H14F5NO/c1-8(19(2)3)9-5-4-6-10(7-9)11(20)12(14,15)13(16,17)18/h4-8H,1-3H3. The Labute approximate surface area is 113 Å². The van der Waals surface area contributed by atoms with Crippen molar-refractivity contribution < 1.29 is 26.7 Å². The average Bonchev–Trinajstić information content (AvgIpc) is 2.35. The third kappa shape index (κ3) is 3.15. The van der Waals surface area contributed by atoms with Crippen molar-refractivity contribution in [3.05, 3.63) is 35.4 Å². The maximum atomic E-state index is 13.0. The molecular weight excluding hydrogens is 281 g/mol. The molecule has 0 aromatic heterocycles. The molecule has 1 unspecified atom stereocenters. The third-order valence-corrected chi connectivity index (χ3v) is 3.05. The summed E-state index contributed by atoms with van der Waals surface area (Å²) in [6.07, 6.45) is -5.90. The number of carbonyl (C=O) groups excluding carboxylic acids is 1. The molecule has 1 rings (SSSR count). The molecule has 0 saturated carbocycles. The van der Waals surface area contributed by atoms with Gasteiger partial charge in [-0.2, -0.15) is 22.0 Å². The van der Waals surface area contributed by atoms with Crippen molar-refractivity contribution in [1.29, 1.82) is 0 Å². The van der Waals surface area contributed by atoms with Crippen molar-refractivity contribution >= 4 is 5.78 Å². The molecule has 0 radical (unpaired) electrons. The molecule has 0 aliphatic heterocycles. The summed E-state index contributed by atoms with van der Waals surface area (Å²) in [7, 11) is 3.45. The van der Waals surface area contributed by atoms with Gasteiger partial charge in [-0.1, -0.05) is 18.2 Å². The Morgan fingerprint density at radius 2 is 1.70 bits per heavy atom. The first-order valence-corrected chi connectivity index (χ1v) is 5.74. The first-order valence-electron chi connectivity index (χ1n) is 5.74. The Balaban J connectivity index is 3.16. The molecule has 1 aromatic carbocycles. The highest BCUT2D eigenvalue weighted by Crippen LogP contribution is 2.38. The largest absolute Gasteiger partial charge is 0.461 e. The molecule has 0 saturated heterocycles. The summed E-state index contributed by atoms with van der Waals surface area (Å²) in [6.45, 7) is 1.74. The number of alkyl halides is 5. The summed E-state index contributed by atoms with van der Waals surface area (Å²) in [5.74, 6) is -7.62. The van der Waals surface area contributed by atoms with Crippen LogP contribution in [-0.2, 0) is 0 Å². The smallest absolute Gasteiger partial charge is 0.303 e. The lowest BCUT2D eigenvalue weighted by Crippen LogP contribution is -2.44. The fraction of sp³-hybridized carbons (Fsp3) is 0.462. The fourth-order valence-corrected chi connectivity index (χ4v) is 1.55. The van der Waals surface area contributed by atoms with Gasteiger partial charge in [-0.05, 0) is 32.6 Å². The van der Waals surface area contributed by atoms with Crippen LogP contribution < -0.4 is 0 Å². The van der Waals surface area contributed by atoms with Crippen molar-refractivity contribution in [3.63, 3.8) is 0 Å². The van der Waals surface area contributed by atoms with Gasteiger partial charge in [0.2, 0.25) is 5.78 Å². The zero-order chi connectivity index (χ0) is 15.7. The number of rotatable bonds is 4. The van der Waals surface area contributed by atoms with Crippen molar-refractivity contribution in [2.24, 2.45) is 0 Å². The van der Waals surface area contributed by atoms with Gasteiger partial charge in [0.1, 0.15) is 0 Å². The van der Waals surface area contributed by atoms with E-state index >= 15 is 0 Å². The van der Waals surface area contributed by atoms with E-state index in [9.17, 15) is 26.7 Å². The highest BCUT2D eigenvalue weighted by atomic mass is 19.4. The molecule has 0 bridgehead atoms. The van der Waals surface area contributed by atoms with Gasteiger partial charge in [0.05, 0.1) is 0 Å². The monoisotopic (exact) mass is 295 g/mol. The summed E-state index contributed by atoms with van der Waals surface area (Å²) in [6, 6.07) is 4.64. The molecule has 0 fully saturated rings. The van der Waals surface area contributed by atoms with Crippen LogP contribution in [0.4, 0.5) is 22.0 Å². The molecule has 2 nitrogen and oxygen atoms in total. The van der Waals surface area contributed by atoms with Gasteiger partial charge in [0.25, 0.3) is 0 Å². The molecule has 0 spiro atoms. The Bertz CT molecular complexity index is 496. The van der Waals surface area contributed by atoms with Gasteiger partial charge in [-0.3, -0.25) is 4.79 Å². The van der Waals surface area contributed by atoms with Crippen LogP contribution in [0, 0.1) is 0 Å². The SMILES string of the molecule is CC(c1cccc(C(=O)C(F)(F)C(F)(F)F)c1)N(C)C. The van der Waals surface area contributed by atoms with Crippen LogP contribution in [0.25, 0.3) is 0 Å². The average molecular weight is 295 g/mol. The molecule has 0 N–H and O–H groups in total. The van der Waals surface area contributed by atoms with Crippen molar-refractivity contribution in [2.45, 2.75) is 25.1 Å². The van der Waals surface area contributed by atoms with Crippen LogP contribution in [-0.4, -0.2) is 36.9 Å². The number of Topliss-reactive ketones (excluding diaryl/α,β-unsaturated/α-hetero) is 1. The normalized spacial score (nSPS) is 14.4. The predicted octanol–water partition coefficient (Wildman–Crippen LogP) is 3.69. The number of hydrogen-bond acceptors (Lipinski definition) is 2. The topological polar surface area (TPSA) is 20.3 Å². The minimum absolute atomic E-state index is 0.220. The fourth-order valence-electron chi connectivity index (χ4n) is 1.55. The molecule has 1 aromatic rings. The number of halogens is 5. The van der Waals surface area contributed by atoms with E-state index < -0.39 is 23.4 Å². The van der Waals surface area contributed by atoms with Gasteiger partial charge < -0.3 is 4.90 Å². The molecule has 7 heteroatoms. The summed E-state index contributed by atoms with van der Waals surface area (Å²) >= 11 is 0. The second kappa shape index (κ2) is 5.47. The minimum atomic E-state index is -5.90. The zero-order valence-electron chi connectivity index (χ0n) is 11.1. The molecule has 1 atom stereocenters. The Morgan fingerprint density at radius 1 is 1.15 bits per heavy atom. The van der Waals surface area contributed by atoms with E-state index in [4.69, 9.17) is 0 Å². The minimum Gasteiger partial charge on any atom is -0.303 e. The first kappa shape index (κ1) is 16.6. The maximum absolute atomic E-state index is 13.0. The number of nitrogens with zero attached hydrogens (tertiary/aromatic N) is 1. The van der Waals surface area contributed by atoms with Gasteiger partial charge in [-0.15, -0.1) is 0 Å². The summed E-state index contributed by atoms with van der Waals surface area (Å²) in [5, 5.41) is 0. The van der Waals surface area contributed by atoms with E-state index in [1.54, 1.807) is 32.0 Å². The van der Waals surface area contributed by atoms with E-state index in [-0.39, 0.29) is 6.04 Å². The van der Waals surface area contributed by atoms with Gasteiger partial charge >= 0.3 is 12.1 Å². The van der Waals surface area contributed by atoms with Crippen molar-refractivity contribution in [3.8, 4) is 0 Å². The van der Waals surface area contributed by atoms with Gasteiger partial charge in [-0.25, -0.2) is 0 Å². The molecule has 0 amide bonds. The molecular formula is C13H14F5NO. The summed E-state index contributed by atoms with van der Waals surface area (Å²) in [4.78, 5) is 13.1. The highest BCUT2D eigenvalue weighted by molar-refractivity contribution is 6.02. The zero-order valence-corrected chi connectivity index (χ0v) is 11.1. The quantitative estimate of drug-likeness (QED) is 0.623. The third-order valence-electron chi connectivity index (χ3n) is 3.05. The van der Waals surface area contributed by atoms with E-state index in [0.29, 0.717) is 5.56 Å². The number of hydrogen-bond donors (Lipinski definition) is 0. The summed E-state index contributed by atoms with van der Waals surface area (Å²) in [5.41, 5.74) is -0.169. The van der Waals surface area contributed by atoms with E-state index in [1.807, 2.05) is 0 Å². The van der Waals surface area contributed by atoms with Gasteiger partial charge in [0, 0.05) is 11.6 Å². The van der Waals surface area contributed by atoms with Crippen LogP contribution in [0.1, 0.15) is 28.9 Å². The second-order valence-corrected chi connectivity index (χ2v) is 4.67. The molecule has 0 aliphatic rings. The van der Waals surface area contributed by atoms with Crippen LogP contribution in [0.5, 0.6) is 0 Å². The van der Waals surface area contributed by atoms with Crippen LogP contribution >= 0.6 is 0 Å². The Hall–Kier alpha value is -1.50. The Kier molecular flexibility index (Phi) is 4.53. The predicted molar refractivity (Wildman–Crippen MR) is 63.9 cm³/mol. The second-order valence-electron chi connectivity index (χ2n) is 4.67. The van der Waals surface area contributed by atoms with Crippen molar-refractivity contribution in [2.75, 3.05) is 14.1 Å². The lowest BCUT2D eigenvalue weighted by molar-refractivity contribution is -0.255. The lowest BCUT2D eigenvalue weighted by Gasteiger charge is -2.22. The maximum Gasteiger partial charge on any atom is 0.461 e. The number of carbonyl (C=O) groups is 1. The lowest BCUT2D eigenvalue weighted by atomic mass is 9.99. The molecule has 0 aliphatic carbocycles. The highest BCUT2D eigenvalue weighted by Gasteiger charge is 2.63. The van der Waals surface area contributed by atoms with E-state index in [2.05, 4.69) is 0 Å². The van der Waals surface area contributed by atoms with Crippen LogP contribution in [0.3, 0.4) is 0 Å². The van der Waals surface area contributed by atoms with E-state index in [1.165, 1.54) is 6.07 Å². The summed E-state index contributed by atoms with van der Waals surface area (Å²) < 4.78 is 62.6. The number of benzene rings is 1. The van der Waals surface area contributed by atoms with Gasteiger partial charge in [0.15, 0.2) is 0 Å². The molecule has 20 heavy (non-hydrogen) atoms. The van der Waals surface area contributed by atoms with Crippen LogP contribution in [0.15, 0.2) is 24.3 Å².